The van der Waals surface area contributed by atoms with Crippen LogP contribution in [0.25, 0.3) is 93.6 Å². The fraction of sp³-hybridized carbons (Fsp3) is 0.0492. The molecule has 0 saturated heterocycles. The van der Waals surface area contributed by atoms with Gasteiger partial charge in [0.1, 0.15) is 5.58 Å². The summed E-state index contributed by atoms with van der Waals surface area (Å²) in [6.45, 7) is 4.70. The van der Waals surface area contributed by atoms with Crippen LogP contribution in [-0.4, -0.2) is 4.57 Å². The molecule has 2 aromatic heterocycles. The Morgan fingerprint density at radius 3 is 1.91 bits per heavy atom. The maximum atomic E-state index is 7.24. The highest BCUT2D eigenvalue weighted by molar-refractivity contribution is 6.24. The number of rotatable bonds is 6. The Morgan fingerprint density at radius 1 is 0.406 bits per heavy atom. The largest absolute Gasteiger partial charge is 0.453 e. The van der Waals surface area contributed by atoms with Gasteiger partial charge in [0.2, 0.25) is 0 Å². The molecule has 0 aliphatic heterocycles. The summed E-state index contributed by atoms with van der Waals surface area (Å²) >= 11 is 0. The van der Waals surface area contributed by atoms with E-state index in [1.807, 2.05) is 0 Å². The molecule has 0 saturated carbocycles. The van der Waals surface area contributed by atoms with E-state index in [1.165, 1.54) is 60.4 Å². The molecule has 0 radical (unpaired) electrons. The minimum atomic E-state index is -0.158. The Labute approximate surface area is 371 Å². The lowest BCUT2D eigenvalue weighted by atomic mass is 9.82. The van der Waals surface area contributed by atoms with Crippen molar-refractivity contribution in [3.63, 3.8) is 0 Å². The van der Waals surface area contributed by atoms with Crippen LogP contribution in [0.3, 0.4) is 0 Å². The van der Waals surface area contributed by atoms with E-state index in [0.717, 1.165) is 61.4 Å². The zero-order valence-electron chi connectivity index (χ0n) is 35.6. The zero-order chi connectivity index (χ0) is 42.5. The molecule has 0 fully saturated rings. The number of hydrogen-bond acceptors (Lipinski definition) is 2. The highest BCUT2D eigenvalue weighted by Gasteiger charge is 2.36. The fourth-order valence-corrected chi connectivity index (χ4v) is 10.7. The zero-order valence-corrected chi connectivity index (χ0v) is 35.6. The standard InChI is InChI=1S/C61H42N2O/c1-61(2)53-25-13-11-22-47(53)48-34-33-45(38-54(48)61)62(57-27-15-24-50-58-46-21-10-9-18-42(46)37-51(60(58)64-59(50)57)40-16-5-3-6-17-40)44-31-28-39(29-32-44)41-30-35-56-52(36-41)49-23-12-14-26-55(49)63(56)43-19-7-4-8-20-43/h3-38H,1-2H3. The van der Waals surface area contributed by atoms with Crippen molar-refractivity contribution in [2.45, 2.75) is 19.3 Å². The van der Waals surface area contributed by atoms with Crippen molar-refractivity contribution in [3.05, 3.63) is 230 Å². The minimum Gasteiger partial charge on any atom is -0.453 e. The van der Waals surface area contributed by atoms with Gasteiger partial charge in [-0.25, -0.2) is 0 Å². The molecule has 13 rings (SSSR count). The van der Waals surface area contributed by atoms with Crippen molar-refractivity contribution < 1.29 is 4.42 Å². The summed E-state index contributed by atoms with van der Waals surface area (Å²) in [4.78, 5) is 2.40. The van der Waals surface area contributed by atoms with Gasteiger partial charge >= 0.3 is 0 Å². The third-order valence-electron chi connectivity index (χ3n) is 13.8. The van der Waals surface area contributed by atoms with Crippen LogP contribution in [0.1, 0.15) is 25.0 Å². The second-order valence-corrected chi connectivity index (χ2v) is 17.7. The van der Waals surface area contributed by atoms with E-state index in [9.17, 15) is 0 Å². The van der Waals surface area contributed by atoms with E-state index in [2.05, 4.69) is 242 Å². The van der Waals surface area contributed by atoms with Crippen molar-refractivity contribution in [2.75, 3.05) is 4.90 Å². The van der Waals surface area contributed by atoms with Gasteiger partial charge in [-0.2, -0.15) is 0 Å². The smallest absolute Gasteiger partial charge is 0.159 e. The minimum absolute atomic E-state index is 0.158. The number of nitrogens with zero attached hydrogens (tertiary/aromatic N) is 2. The van der Waals surface area contributed by atoms with Crippen LogP contribution >= 0.6 is 0 Å². The van der Waals surface area contributed by atoms with Crippen molar-refractivity contribution >= 4 is 71.6 Å². The first-order valence-electron chi connectivity index (χ1n) is 22.2. The quantitative estimate of drug-likeness (QED) is 0.167. The average molecular weight is 819 g/mol. The monoisotopic (exact) mass is 818 g/mol. The number of anilines is 3. The molecule has 0 unspecified atom stereocenters. The summed E-state index contributed by atoms with van der Waals surface area (Å²) in [6, 6.07) is 79.4. The molecule has 0 atom stereocenters. The van der Waals surface area contributed by atoms with E-state index in [0.29, 0.717) is 0 Å². The lowest BCUT2D eigenvalue weighted by Crippen LogP contribution is -2.16. The molecule has 0 amide bonds. The Kier molecular flexibility index (Phi) is 7.95. The third-order valence-corrected chi connectivity index (χ3v) is 13.8. The number of hydrogen-bond donors (Lipinski definition) is 0. The maximum absolute atomic E-state index is 7.24. The third kappa shape index (κ3) is 5.41. The van der Waals surface area contributed by atoms with Gasteiger partial charge in [-0.15, -0.1) is 0 Å². The molecule has 12 aromatic rings. The SMILES string of the molecule is CC1(C)c2ccccc2-c2ccc(N(c3ccc(-c4ccc5c(c4)c4ccccc4n5-c4ccccc4)cc3)c3cccc4c3oc3c(-c5ccccc5)cc5ccccc5c34)cc21. The van der Waals surface area contributed by atoms with E-state index in [-0.39, 0.29) is 5.41 Å². The lowest BCUT2D eigenvalue weighted by molar-refractivity contribution is 0.660. The van der Waals surface area contributed by atoms with Gasteiger partial charge in [0.25, 0.3) is 0 Å². The molecule has 0 spiro atoms. The fourth-order valence-electron chi connectivity index (χ4n) is 10.7. The van der Waals surface area contributed by atoms with Gasteiger partial charge in [-0.3, -0.25) is 0 Å². The molecule has 1 aliphatic carbocycles. The van der Waals surface area contributed by atoms with Crippen LogP contribution in [0.2, 0.25) is 0 Å². The number of benzene rings is 10. The van der Waals surface area contributed by atoms with E-state index in [4.69, 9.17) is 4.42 Å². The van der Waals surface area contributed by atoms with Gasteiger partial charge in [0.05, 0.1) is 16.7 Å². The molecule has 3 heteroatoms. The molecular formula is C61H42N2O. The van der Waals surface area contributed by atoms with E-state index in [1.54, 1.807) is 0 Å². The van der Waals surface area contributed by atoms with Crippen molar-refractivity contribution in [2.24, 2.45) is 0 Å². The summed E-state index contributed by atoms with van der Waals surface area (Å²) < 4.78 is 9.62. The second-order valence-electron chi connectivity index (χ2n) is 17.7. The van der Waals surface area contributed by atoms with Gasteiger partial charge in [0, 0.05) is 49.6 Å². The maximum Gasteiger partial charge on any atom is 0.159 e. The number of para-hydroxylation sites is 3. The molecule has 302 valence electrons. The predicted molar refractivity (Wildman–Crippen MR) is 269 cm³/mol. The topological polar surface area (TPSA) is 21.3 Å². The molecule has 0 bridgehead atoms. The van der Waals surface area contributed by atoms with Crippen molar-refractivity contribution in [1.29, 1.82) is 0 Å². The summed E-state index contributed by atoms with van der Waals surface area (Å²) in [5.41, 5.74) is 18.2. The summed E-state index contributed by atoms with van der Waals surface area (Å²) in [5.74, 6) is 0. The first-order valence-corrected chi connectivity index (χ1v) is 22.2. The molecule has 64 heavy (non-hydrogen) atoms. The van der Waals surface area contributed by atoms with Gasteiger partial charge in [-0.05, 0) is 116 Å². The lowest BCUT2D eigenvalue weighted by Gasteiger charge is -2.28. The van der Waals surface area contributed by atoms with Crippen molar-refractivity contribution in [3.8, 4) is 39.1 Å². The first-order chi connectivity index (χ1) is 31.5. The first kappa shape index (κ1) is 36.5. The summed E-state index contributed by atoms with van der Waals surface area (Å²) in [7, 11) is 0. The van der Waals surface area contributed by atoms with Gasteiger partial charge in [-0.1, -0.05) is 166 Å². The number of furan rings is 1. The normalized spacial score (nSPS) is 13.0. The Balaban J connectivity index is 1.01. The van der Waals surface area contributed by atoms with Crippen LogP contribution in [0.4, 0.5) is 17.1 Å². The Hall–Kier alpha value is -8.14. The van der Waals surface area contributed by atoms with E-state index >= 15 is 0 Å². The van der Waals surface area contributed by atoms with Crippen LogP contribution in [0.15, 0.2) is 223 Å². The predicted octanol–water partition coefficient (Wildman–Crippen LogP) is 16.9. The number of aromatic nitrogens is 1. The van der Waals surface area contributed by atoms with Gasteiger partial charge in [0.15, 0.2) is 5.58 Å². The van der Waals surface area contributed by atoms with Crippen LogP contribution in [0, 0.1) is 0 Å². The van der Waals surface area contributed by atoms with Crippen LogP contribution in [0.5, 0.6) is 0 Å². The Morgan fingerprint density at radius 2 is 1.06 bits per heavy atom. The van der Waals surface area contributed by atoms with Gasteiger partial charge < -0.3 is 13.9 Å². The van der Waals surface area contributed by atoms with Crippen LogP contribution < -0.4 is 4.90 Å². The summed E-state index contributed by atoms with van der Waals surface area (Å²) in [5, 5.41) is 7.10. The van der Waals surface area contributed by atoms with Crippen molar-refractivity contribution in [1.82, 2.24) is 4.57 Å². The molecule has 3 nitrogen and oxygen atoms in total. The highest BCUT2D eigenvalue weighted by atomic mass is 16.3. The molecule has 2 heterocycles. The van der Waals surface area contributed by atoms with Crippen LogP contribution in [-0.2, 0) is 5.41 Å². The molecular weight excluding hydrogens is 777 g/mol. The summed E-state index contributed by atoms with van der Waals surface area (Å²) in [6.07, 6.45) is 0. The molecule has 10 aromatic carbocycles. The second kappa shape index (κ2) is 13.9. The number of fused-ring (bicyclic) bond motifs is 11. The highest BCUT2D eigenvalue weighted by Crippen LogP contribution is 2.52. The molecule has 0 N–H and O–H groups in total. The molecule has 1 aliphatic rings. The average Bonchev–Trinajstić information content (AvgIpc) is 3.98. The Bertz CT molecular complexity index is 3800. The van der Waals surface area contributed by atoms with E-state index < -0.39 is 0 Å².